The van der Waals surface area contributed by atoms with Crippen LogP contribution in [0.3, 0.4) is 0 Å². The summed E-state index contributed by atoms with van der Waals surface area (Å²) < 4.78 is 53.2. The van der Waals surface area contributed by atoms with Crippen LogP contribution < -0.4 is 0 Å². The molecule has 6 heteroatoms. The third-order valence-corrected chi connectivity index (χ3v) is 12.1. The van der Waals surface area contributed by atoms with Crippen LogP contribution in [0, 0.1) is 5.41 Å². The standard InChI is InChI=1S/C23H26O4S2/c1-18(2)22(4)15-16-23(17-19(22)3,28(24,25)20-11-7-5-8-12-20)29(26,27)21-13-9-6-10-14-21/h5-14H,1,3,15-17H2,2,4H3. The molecule has 0 spiro atoms. The Morgan fingerprint density at radius 3 is 1.59 bits per heavy atom. The number of sulfone groups is 2. The van der Waals surface area contributed by atoms with Crippen molar-refractivity contribution >= 4 is 19.7 Å². The summed E-state index contributed by atoms with van der Waals surface area (Å²) in [6.07, 6.45) is 0.161. The average molecular weight is 431 g/mol. The topological polar surface area (TPSA) is 68.3 Å². The first-order valence-electron chi connectivity index (χ1n) is 9.43. The fourth-order valence-electron chi connectivity index (χ4n) is 3.97. The first-order valence-corrected chi connectivity index (χ1v) is 12.4. The molecule has 0 aromatic heterocycles. The van der Waals surface area contributed by atoms with E-state index in [1.165, 1.54) is 24.3 Å². The number of hydrogen-bond acceptors (Lipinski definition) is 4. The van der Waals surface area contributed by atoms with E-state index in [9.17, 15) is 16.8 Å². The molecule has 1 unspecified atom stereocenters. The lowest BCUT2D eigenvalue weighted by molar-refractivity contribution is 0.340. The molecule has 0 N–H and O–H groups in total. The molecule has 1 aliphatic rings. The van der Waals surface area contributed by atoms with Crippen molar-refractivity contribution in [2.24, 2.45) is 5.41 Å². The monoisotopic (exact) mass is 430 g/mol. The van der Waals surface area contributed by atoms with Gasteiger partial charge in [0.15, 0.2) is 23.8 Å². The predicted octanol–water partition coefficient (Wildman–Crippen LogP) is 4.95. The van der Waals surface area contributed by atoms with E-state index in [1.807, 2.05) is 13.8 Å². The van der Waals surface area contributed by atoms with E-state index < -0.39 is 29.2 Å². The third kappa shape index (κ3) is 3.19. The van der Waals surface area contributed by atoms with Gasteiger partial charge in [-0.1, -0.05) is 67.6 Å². The Morgan fingerprint density at radius 1 is 0.828 bits per heavy atom. The van der Waals surface area contributed by atoms with Gasteiger partial charge in [-0.25, -0.2) is 16.8 Å². The first kappa shape index (κ1) is 21.5. The summed E-state index contributed by atoms with van der Waals surface area (Å²) in [4.78, 5) is 0.0115. The molecule has 0 amide bonds. The van der Waals surface area contributed by atoms with Gasteiger partial charge in [0.1, 0.15) is 0 Å². The Bertz CT molecular complexity index is 1080. The summed E-state index contributed by atoms with van der Waals surface area (Å²) in [5.41, 5.74) is 0.933. The predicted molar refractivity (Wildman–Crippen MR) is 116 cm³/mol. The lowest BCUT2D eigenvalue weighted by Crippen LogP contribution is -2.51. The number of hydrogen-bond donors (Lipinski definition) is 0. The summed E-state index contributed by atoms with van der Waals surface area (Å²) >= 11 is 0. The molecule has 1 fully saturated rings. The van der Waals surface area contributed by atoms with Gasteiger partial charge in [-0.05, 0) is 44.0 Å². The van der Waals surface area contributed by atoms with Crippen LogP contribution in [-0.4, -0.2) is 20.9 Å². The number of rotatable bonds is 5. The van der Waals surface area contributed by atoms with Crippen LogP contribution in [0.15, 0.2) is 94.8 Å². The van der Waals surface area contributed by atoms with E-state index in [0.717, 1.165) is 5.57 Å². The Morgan fingerprint density at radius 2 is 1.24 bits per heavy atom. The minimum atomic E-state index is -4.22. The number of benzene rings is 2. The molecule has 2 aromatic rings. The van der Waals surface area contributed by atoms with Gasteiger partial charge in [0.05, 0.1) is 9.79 Å². The van der Waals surface area contributed by atoms with Crippen LogP contribution in [0.1, 0.15) is 33.1 Å². The molecule has 1 aliphatic carbocycles. The third-order valence-electron chi connectivity index (χ3n) is 6.30. The van der Waals surface area contributed by atoms with Crippen LogP contribution in [0.25, 0.3) is 0 Å². The smallest absolute Gasteiger partial charge is 0.199 e. The lowest BCUT2D eigenvalue weighted by Gasteiger charge is -2.45. The fourth-order valence-corrected chi connectivity index (χ4v) is 9.07. The highest BCUT2D eigenvalue weighted by atomic mass is 32.3. The van der Waals surface area contributed by atoms with Crippen molar-refractivity contribution in [3.63, 3.8) is 0 Å². The fraction of sp³-hybridized carbons (Fsp3) is 0.304. The molecule has 0 radical (unpaired) electrons. The minimum absolute atomic E-state index is 0.00577. The zero-order valence-corrected chi connectivity index (χ0v) is 18.4. The van der Waals surface area contributed by atoms with E-state index in [2.05, 4.69) is 13.2 Å². The molecule has 0 bridgehead atoms. The maximum Gasteiger partial charge on any atom is 0.199 e. The Kier molecular flexibility index (Phi) is 5.39. The summed E-state index contributed by atoms with van der Waals surface area (Å²) in [5, 5.41) is 0. The van der Waals surface area contributed by atoms with Gasteiger partial charge < -0.3 is 0 Å². The van der Waals surface area contributed by atoms with E-state index >= 15 is 0 Å². The molecule has 0 saturated heterocycles. The highest BCUT2D eigenvalue weighted by Gasteiger charge is 2.60. The maximum atomic E-state index is 13.8. The Labute approximate surface area is 173 Å². The van der Waals surface area contributed by atoms with Crippen molar-refractivity contribution in [2.45, 2.75) is 47.0 Å². The van der Waals surface area contributed by atoms with Crippen molar-refractivity contribution in [2.75, 3.05) is 0 Å². The van der Waals surface area contributed by atoms with Gasteiger partial charge in [0.2, 0.25) is 0 Å². The SMILES string of the molecule is C=C(C)C1(C)CCC(S(=O)(=O)c2ccccc2)(S(=O)(=O)c2ccccc2)CC1=C. The minimum Gasteiger partial charge on any atom is -0.222 e. The van der Waals surface area contributed by atoms with Gasteiger partial charge >= 0.3 is 0 Å². The lowest BCUT2D eigenvalue weighted by atomic mass is 9.68. The molecule has 1 atom stereocenters. The van der Waals surface area contributed by atoms with Crippen molar-refractivity contribution in [1.82, 2.24) is 0 Å². The zero-order valence-electron chi connectivity index (χ0n) is 16.8. The van der Waals surface area contributed by atoms with Gasteiger partial charge in [-0.3, -0.25) is 0 Å². The molecule has 4 nitrogen and oxygen atoms in total. The van der Waals surface area contributed by atoms with Gasteiger partial charge in [0, 0.05) is 11.8 Å². The van der Waals surface area contributed by atoms with Crippen LogP contribution in [0.5, 0.6) is 0 Å². The quantitative estimate of drug-likeness (QED) is 0.629. The van der Waals surface area contributed by atoms with Gasteiger partial charge in [-0.2, -0.15) is 0 Å². The van der Waals surface area contributed by atoms with Crippen LogP contribution >= 0.6 is 0 Å². The zero-order chi connectivity index (χ0) is 21.5. The van der Waals surface area contributed by atoms with E-state index in [0.29, 0.717) is 12.0 Å². The second kappa shape index (κ2) is 7.26. The number of allylic oxidation sites excluding steroid dienone is 2. The average Bonchev–Trinajstić information content (AvgIpc) is 2.71. The summed E-state index contributed by atoms with van der Waals surface area (Å²) in [5.74, 6) is 0. The van der Waals surface area contributed by atoms with Crippen molar-refractivity contribution in [3.8, 4) is 0 Å². The molecule has 0 aliphatic heterocycles. The highest BCUT2D eigenvalue weighted by molar-refractivity contribution is 8.10. The second-order valence-electron chi connectivity index (χ2n) is 7.94. The molecule has 2 aromatic carbocycles. The van der Waals surface area contributed by atoms with E-state index in [1.54, 1.807) is 36.4 Å². The van der Waals surface area contributed by atoms with Crippen molar-refractivity contribution in [3.05, 3.63) is 85.0 Å². The van der Waals surface area contributed by atoms with Gasteiger partial charge in [-0.15, -0.1) is 0 Å². The molecule has 29 heavy (non-hydrogen) atoms. The van der Waals surface area contributed by atoms with Crippen LogP contribution in [0.2, 0.25) is 0 Å². The highest BCUT2D eigenvalue weighted by Crippen LogP contribution is 2.54. The molecule has 154 valence electrons. The van der Waals surface area contributed by atoms with E-state index in [-0.39, 0.29) is 22.6 Å². The molecule has 3 rings (SSSR count). The first-order chi connectivity index (χ1) is 13.5. The summed E-state index contributed by atoms with van der Waals surface area (Å²) in [6.45, 7) is 12.0. The van der Waals surface area contributed by atoms with E-state index in [4.69, 9.17) is 0 Å². The summed E-state index contributed by atoms with van der Waals surface area (Å²) in [7, 11) is -8.43. The molecule has 0 heterocycles. The van der Waals surface area contributed by atoms with Crippen LogP contribution in [-0.2, 0) is 19.7 Å². The van der Waals surface area contributed by atoms with Gasteiger partial charge in [0.25, 0.3) is 0 Å². The molecular weight excluding hydrogens is 404 g/mol. The molecular formula is C23H26O4S2. The normalized spacial score (nSPS) is 22.2. The van der Waals surface area contributed by atoms with Crippen molar-refractivity contribution in [1.29, 1.82) is 0 Å². The largest absolute Gasteiger partial charge is 0.222 e. The Balaban J connectivity index is 2.28. The summed E-state index contributed by atoms with van der Waals surface area (Å²) in [6, 6.07) is 15.6. The maximum absolute atomic E-state index is 13.8. The molecule has 1 saturated carbocycles. The van der Waals surface area contributed by atoms with Crippen LogP contribution in [0.4, 0.5) is 0 Å². The van der Waals surface area contributed by atoms with Crippen molar-refractivity contribution < 1.29 is 16.8 Å². The Hall–Kier alpha value is -2.18. The second-order valence-corrected chi connectivity index (χ2v) is 12.7.